The Morgan fingerprint density at radius 2 is 1.50 bits per heavy atom. The minimum Gasteiger partial charge on any atom is -0.465 e. The predicted molar refractivity (Wildman–Crippen MR) is 136 cm³/mol. The van der Waals surface area contributed by atoms with Crippen molar-refractivity contribution in [2.24, 2.45) is 0 Å². The zero-order chi connectivity index (χ0) is 24.7. The number of amides is 1. The lowest BCUT2D eigenvalue weighted by Gasteiger charge is -2.18. The van der Waals surface area contributed by atoms with E-state index in [1.54, 1.807) is 11.8 Å². The van der Waals surface area contributed by atoms with E-state index < -0.39 is 5.97 Å². The van der Waals surface area contributed by atoms with Crippen molar-refractivity contribution >= 4 is 23.6 Å². The van der Waals surface area contributed by atoms with Gasteiger partial charge in [0.2, 0.25) is 0 Å². The molecule has 174 valence electrons. The normalized spacial score (nSPS) is 15.0. The van der Waals surface area contributed by atoms with Crippen LogP contribution in [0.25, 0.3) is 11.8 Å². The van der Waals surface area contributed by atoms with Crippen LogP contribution in [0.1, 0.15) is 40.6 Å². The number of aryl methyl sites for hydroxylation is 4. The van der Waals surface area contributed by atoms with E-state index in [1.807, 2.05) is 57.2 Å². The predicted octanol–water partition coefficient (Wildman–Crippen LogP) is 5.90. The van der Waals surface area contributed by atoms with Gasteiger partial charge >= 0.3 is 5.97 Å². The van der Waals surface area contributed by atoms with Gasteiger partial charge in [-0.1, -0.05) is 23.8 Å². The van der Waals surface area contributed by atoms with Gasteiger partial charge in [-0.3, -0.25) is 9.69 Å². The SMILES string of the molecule is COC(=O)C1=C(C)N(c2ccc(C)cc2)C(=O)/C1=C\c1cc(C)n(-c2ccc(C)c(C)c2)c1C. The molecule has 0 saturated carbocycles. The summed E-state index contributed by atoms with van der Waals surface area (Å²) in [6.07, 6.45) is 1.81. The van der Waals surface area contributed by atoms with Gasteiger partial charge < -0.3 is 9.30 Å². The van der Waals surface area contributed by atoms with E-state index in [2.05, 4.69) is 36.6 Å². The molecule has 0 aliphatic carbocycles. The van der Waals surface area contributed by atoms with Crippen molar-refractivity contribution in [1.29, 1.82) is 0 Å². The lowest BCUT2D eigenvalue weighted by Crippen LogP contribution is -2.24. The maximum absolute atomic E-state index is 13.6. The highest BCUT2D eigenvalue weighted by atomic mass is 16.5. The topological polar surface area (TPSA) is 51.5 Å². The van der Waals surface area contributed by atoms with Crippen LogP contribution in [0, 0.1) is 34.6 Å². The molecular formula is C29H30N2O3. The second-order valence-electron chi connectivity index (χ2n) is 8.92. The summed E-state index contributed by atoms with van der Waals surface area (Å²) < 4.78 is 7.23. The van der Waals surface area contributed by atoms with Crippen LogP contribution >= 0.6 is 0 Å². The summed E-state index contributed by atoms with van der Waals surface area (Å²) in [6, 6.07) is 16.1. The van der Waals surface area contributed by atoms with E-state index >= 15 is 0 Å². The Balaban J connectivity index is 1.84. The van der Waals surface area contributed by atoms with Crippen LogP contribution in [0.3, 0.4) is 0 Å². The molecule has 0 atom stereocenters. The van der Waals surface area contributed by atoms with Crippen LogP contribution in [0.5, 0.6) is 0 Å². The third-order valence-corrected chi connectivity index (χ3v) is 6.60. The number of ether oxygens (including phenoxy) is 1. The number of carbonyl (C=O) groups excluding carboxylic acids is 2. The van der Waals surface area contributed by atoms with Crippen LogP contribution in [-0.2, 0) is 14.3 Å². The Bertz CT molecular complexity index is 1370. The molecule has 1 aromatic heterocycles. The number of hydrogen-bond donors (Lipinski definition) is 0. The molecule has 3 aromatic rings. The van der Waals surface area contributed by atoms with Gasteiger partial charge in [-0.15, -0.1) is 0 Å². The fourth-order valence-corrected chi connectivity index (χ4v) is 4.54. The third kappa shape index (κ3) is 3.87. The van der Waals surface area contributed by atoms with Crippen molar-refractivity contribution in [3.05, 3.63) is 99.0 Å². The zero-order valence-corrected chi connectivity index (χ0v) is 20.8. The second kappa shape index (κ2) is 8.82. The number of nitrogens with zero attached hydrogens (tertiary/aromatic N) is 2. The molecule has 0 unspecified atom stereocenters. The number of esters is 1. The van der Waals surface area contributed by atoms with E-state index in [0.29, 0.717) is 16.8 Å². The molecule has 1 aliphatic heterocycles. The van der Waals surface area contributed by atoms with Crippen molar-refractivity contribution in [3.8, 4) is 5.69 Å². The summed E-state index contributed by atoms with van der Waals surface area (Å²) >= 11 is 0. The summed E-state index contributed by atoms with van der Waals surface area (Å²) in [5.74, 6) is -0.757. The van der Waals surface area contributed by atoms with Gasteiger partial charge in [0, 0.05) is 28.5 Å². The van der Waals surface area contributed by atoms with E-state index in [-0.39, 0.29) is 5.91 Å². The standard InChI is InChI=1S/C29H30N2O3/c1-17-8-11-24(12-9-17)31-22(6)27(29(33)34-7)26(28(31)32)16-23-15-20(4)30(21(23)5)25-13-10-18(2)19(3)14-25/h8-16H,1-7H3/b26-16-. The molecular weight excluding hydrogens is 424 g/mol. The molecule has 0 N–H and O–H groups in total. The van der Waals surface area contributed by atoms with Gasteiger partial charge in [0.25, 0.3) is 5.91 Å². The molecule has 5 heteroatoms. The molecule has 0 radical (unpaired) electrons. The van der Waals surface area contributed by atoms with Crippen LogP contribution < -0.4 is 4.90 Å². The molecule has 0 saturated heterocycles. The van der Waals surface area contributed by atoms with Crippen molar-refractivity contribution in [2.75, 3.05) is 12.0 Å². The van der Waals surface area contributed by atoms with Crippen molar-refractivity contribution < 1.29 is 14.3 Å². The highest BCUT2D eigenvalue weighted by molar-refractivity contribution is 6.23. The fourth-order valence-electron chi connectivity index (χ4n) is 4.54. The summed E-state index contributed by atoms with van der Waals surface area (Å²) in [5.41, 5.74) is 9.48. The molecule has 34 heavy (non-hydrogen) atoms. The lowest BCUT2D eigenvalue weighted by atomic mass is 10.0. The average Bonchev–Trinajstić information content (AvgIpc) is 3.22. The number of carbonyl (C=O) groups is 2. The quantitative estimate of drug-likeness (QED) is 0.364. The van der Waals surface area contributed by atoms with Crippen LogP contribution in [0.2, 0.25) is 0 Å². The maximum Gasteiger partial charge on any atom is 0.340 e. The van der Waals surface area contributed by atoms with Gasteiger partial charge in [-0.2, -0.15) is 0 Å². The monoisotopic (exact) mass is 454 g/mol. The number of aromatic nitrogens is 1. The minimum absolute atomic E-state index is 0.238. The van der Waals surface area contributed by atoms with Crippen LogP contribution in [0.15, 0.2) is 65.4 Å². The highest BCUT2D eigenvalue weighted by Gasteiger charge is 2.38. The maximum atomic E-state index is 13.6. The van der Waals surface area contributed by atoms with Gasteiger partial charge in [0.05, 0.1) is 18.3 Å². The molecule has 0 bridgehead atoms. The lowest BCUT2D eigenvalue weighted by molar-refractivity contribution is -0.136. The van der Waals surface area contributed by atoms with Gasteiger partial charge in [0.1, 0.15) is 0 Å². The highest BCUT2D eigenvalue weighted by Crippen LogP contribution is 2.36. The molecule has 2 heterocycles. The molecule has 1 amide bonds. The Kier molecular flexibility index (Phi) is 6.05. The van der Waals surface area contributed by atoms with E-state index in [0.717, 1.165) is 33.9 Å². The number of allylic oxidation sites excluding steroid dienone is 1. The fraction of sp³-hybridized carbons (Fsp3) is 0.241. The number of rotatable bonds is 4. The Labute approximate surface area is 201 Å². The summed E-state index contributed by atoms with van der Waals surface area (Å²) in [6.45, 7) is 12.0. The smallest absolute Gasteiger partial charge is 0.340 e. The minimum atomic E-state index is -0.519. The summed E-state index contributed by atoms with van der Waals surface area (Å²) in [5, 5.41) is 0. The average molecular weight is 455 g/mol. The number of anilines is 1. The van der Waals surface area contributed by atoms with E-state index in [4.69, 9.17) is 4.74 Å². The Morgan fingerprint density at radius 3 is 2.12 bits per heavy atom. The van der Waals surface area contributed by atoms with E-state index in [9.17, 15) is 9.59 Å². The van der Waals surface area contributed by atoms with Gasteiger partial charge in [0.15, 0.2) is 0 Å². The van der Waals surface area contributed by atoms with E-state index in [1.165, 1.54) is 18.2 Å². The number of hydrogen-bond acceptors (Lipinski definition) is 3. The van der Waals surface area contributed by atoms with Crippen molar-refractivity contribution in [2.45, 2.75) is 41.5 Å². The first kappa shape index (κ1) is 23.3. The molecule has 0 spiro atoms. The van der Waals surface area contributed by atoms with Gasteiger partial charge in [-0.25, -0.2) is 4.79 Å². The Morgan fingerprint density at radius 1 is 0.853 bits per heavy atom. The molecule has 1 aliphatic rings. The van der Waals surface area contributed by atoms with Crippen molar-refractivity contribution in [1.82, 2.24) is 4.57 Å². The third-order valence-electron chi connectivity index (χ3n) is 6.60. The number of benzene rings is 2. The molecule has 4 rings (SSSR count). The van der Waals surface area contributed by atoms with Crippen LogP contribution in [-0.4, -0.2) is 23.6 Å². The first-order chi connectivity index (χ1) is 16.1. The Hall–Kier alpha value is -3.86. The molecule has 0 fully saturated rings. The zero-order valence-electron chi connectivity index (χ0n) is 20.8. The van der Waals surface area contributed by atoms with Gasteiger partial charge in [-0.05, 0) is 94.6 Å². The summed E-state index contributed by atoms with van der Waals surface area (Å²) in [7, 11) is 1.34. The first-order valence-corrected chi connectivity index (χ1v) is 11.3. The number of methoxy groups -OCH3 is 1. The van der Waals surface area contributed by atoms with Crippen molar-refractivity contribution in [3.63, 3.8) is 0 Å². The largest absolute Gasteiger partial charge is 0.465 e. The molecule has 5 nitrogen and oxygen atoms in total. The molecule has 2 aromatic carbocycles. The second-order valence-corrected chi connectivity index (χ2v) is 8.92. The summed E-state index contributed by atoms with van der Waals surface area (Å²) in [4.78, 5) is 27.9. The first-order valence-electron chi connectivity index (χ1n) is 11.3. The van der Waals surface area contributed by atoms with Crippen LogP contribution in [0.4, 0.5) is 5.69 Å².